The molecule has 0 bridgehead atoms. The van der Waals surface area contributed by atoms with Crippen molar-refractivity contribution in [1.29, 1.82) is 0 Å². The summed E-state index contributed by atoms with van der Waals surface area (Å²) in [5.41, 5.74) is 4.40. The fourth-order valence-electron chi connectivity index (χ4n) is 2.76. The van der Waals surface area contributed by atoms with E-state index >= 15 is 0 Å². The van der Waals surface area contributed by atoms with E-state index in [0.29, 0.717) is 25.8 Å². The van der Waals surface area contributed by atoms with Crippen LogP contribution in [0.4, 0.5) is 0 Å². The molecule has 2 fully saturated rings. The number of hydrogen-bond acceptors (Lipinski definition) is 4. The molecule has 0 aromatic rings. The van der Waals surface area contributed by atoms with Gasteiger partial charge in [0, 0.05) is 6.54 Å². The van der Waals surface area contributed by atoms with Gasteiger partial charge in [-0.15, -0.1) is 0 Å². The van der Waals surface area contributed by atoms with Gasteiger partial charge in [-0.25, -0.2) is 4.79 Å². The number of hydrogen-bond donors (Lipinski definition) is 3. The lowest BCUT2D eigenvalue weighted by Gasteiger charge is -2.26. The molecule has 0 spiro atoms. The Morgan fingerprint density at radius 2 is 2.00 bits per heavy atom. The number of carboxylic acids is 1. The molecule has 0 aromatic heterocycles. The predicted octanol–water partition coefficient (Wildman–Crippen LogP) is 0.00630. The van der Waals surface area contributed by atoms with Crippen LogP contribution in [0.15, 0.2) is 0 Å². The summed E-state index contributed by atoms with van der Waals surface area (Å²) < 4.78 is 5.48. The van der Waals surface area contributed by atoms with Crippen LogP contribution in [0.25, 0.3) is 0 Å². The van der Waals surface area contributed by atoms with Gasteiger partial charge in [0.25, 0.3) is 0 Å². The highest BCUT2D eigenvalue weighted by molar-refractivity contribution is 5.89. The number of rotatable bonds is 4. The Labute approximate surface area is 106 Å². The summed E-state index contributed by atoms with van der Waals surface area (Å²) in [7, 11) is 0. The summed E-state index contributed by atoms with van der Waals surface area (Å²) in [5.74, 6) is -1.25. The summed E-state index contributed by atoms with van der Waals surface area (Å²) in [4.78, 5) is 23.4. The molecule has 0 radical (unpaired) electrons. The van der Waals surface area contributed by atoms with Gasteiger partial charge in [-0.1, -0.05) is 12.8 Å². The number of carbonyl (C=O) groups is 2. The third kappa shape index (κ3) is 2.49. The third-order valence-corrected chi connectivity index (χ3v) is 3.89. The van der Waals surface area contributed by atoms with Crippen molar-refractivity contribution in [2.24, 2.45) is 5.73 Å². The second-order valence-electron chi connectivity index (χ2n) is 5.14. The second-order valence-corrected chi connectivity index (χ2v) is 5.14. The zero-order valence-corrected chi connectivity index (χ0v) is 10.4. The zero-order valence-electron chi connectivity index (χ0n) is 10.4. The number of aliphatic carboxylic acids is 1. The number of carboxylic acid groups (broad SMARTS) is 1. The molecule has 102 valence electrons. The van der Waals surface area contributed by atoms with Crippen LogP contribution < -0.4 is 11.1 Å². The molecule has 1 saturated carbocycles. The molecule has 1 aliphatic heterocycles. The smallest absolute Gasteiger partial charge is 0.329 e. The van der Waals surface area contributed by atoms with Gasteiger partial charge >= 0.3 is 5.97 Å². The molecular formula is C12H20N2O4. The fraction of sp³-hybridized carbons (Fsp3) is 0.833. The number of ether oxygens (including phenoxy) is 1. The molecule has 2 aliphatic rings. The number of nitrogens with two attached hydrogens (primary N) is 1. The van der Waals surface area contributed by atoms with Crippen LogP contribution in [0.5, 0.6) is 0 Å². The van der Waals surface area contributed by atoms with Crippen molar-refractivity contribution in [2.75, 3.05) is 6.54 Å². The lowest BCUT2D eigenvalue weighted by Crippen LogP contribution is -2.55. The van der Waals surface area contributed by atoms with Crippen molar-refractivity contribution in [3.8, 4) is 0 Å². The minimum atomic E-state index is -1.08. The van der Waals surface area contributed by atoms with Gasteiger partial charge in [0.15, 0.2) is 0 Å². The normalized spacial score (nSPS) is 30.3. The molecule has 1 amide bonds. The van der Waals surface area contributed by atoms with Crippen LogP contribution in [0.1, 0.15) is 38.5 Å². The topological polar surface area (TPSA) is 102 Å². The fourth-order valence-corrected chi connectivity index (χ4v) is 2.76. The van der Waals surface area contributed by atoms with Gasteiger partial charge in [-0.2, -0.15) is 0 Å². The molecule has 2 unspecified atom stereocenters. The van der Waals surface area contributed by atoms with E-state index < -0.39 is 17.6 Å². The Hall–Kier alpha value is -1.14. The standard InChI is InChI=1S/C12H20N2O4/c13-7-8-3-4-9(18-8)10(15)14-12(11(16)17)5-1-2-6-12/h8-9H,1-7,13H2,(H,14,15)(H,16,17). The average Bonchev–Trinajstić information content (AvgIpc) is 2.97. The second kappa shape index (κ2) is 5.24. The SMILES string of the molecule is NCC1CCC(C(=O)NC2(C(=O)O)CCCC2)O1. The van der Waals surface area contributed by atoms with Crippen LogP contribution in [-0.4, -0.2) is 41.3 Å². The highest BCUT2D eigenvalue weighted by Crippen LogP contribution is 2.30. The first kappa shape index (κ1) is 13.3. The first-order chi connectivity index (χ1) is 8.57. The van der Waals surface area contributed by atoms with Gasteiger partial charge in [0.05, 0.1) is 6.10 Å². The lowest BCUT2D eigenvalue weighted by molar-refractivity contribution is -0.149. The van der Waals surface area contributed by atoms with E-state index in [1.54, 1.807) is 0 Å². The van der Waals surface area contributed by atoms with Crippen LogP contribution in [-0.2, 0) is 14.3 Å². The van der Waals surface area contributed by atoms with Crippen LogP contribution in [0.2, 0.25) is 0 Å². The van der Waals surface area contributed by atoms with Crippen molar-refractivity contribution in [2.45, 2.75) is 56.3 Å². The first-order valence-electron chi connectivity index (χ1n) is 6.48. The summed E-state index contributed by atoms with van der Waals surface area (Å²) >= 11 is 0. The summed E-state index contributed by atoms with van der Waals surface area (Å²) in [6, 6.07) is 0. The maximum Gasteiger partial charge on any atom is 0.329 e. The summed E-state index contributed by atoms with van der Waals surface area (Å²) in [6.45, 7) is 0.397. The van der Waals surface area contributed by atoms with Crippen LogP contribution in [0, 0.1) is 0 Å². The summed E-state index contributed by atoms with van der Waals surface area (Å²) in [5, 5.41) is 12.0. The molecule has 2 atom stereocenters. The monoisotopic (exact) mass is 256 g/mol. The van der Waals surface area contributed by atoms with E-state index in [9.17, 15) is 14.7 Å². The van der Waals surface area contributed by atoms with E-state index in [4.69, 9.17) is 10.5 Å². The maximum atomic E-state index is 12.0. The van der Waals surface area contributed by atoms with Gasteiger partial charge in [0.2, 0.25) is 5.91 Å². The average molecular weight is 256 g/mol. The largest absolute Gasteiger partial charge is 0.480 e. The van der Waals surface area contributed by atoms with Crippen molar-refractivity contribution in [1.82, 2.24) is 5.32 Å². The minimum Gasteiger partial charge on any atom is -0.480 e. The minimum absolute atomic E-state index is 0.0786. The zero-order chi connectivity index (χ0) is 13.2. The van der Waals surface area contributed by atoms with E-state index in [2.05, 4.69) is 5.32 Å². The van der Waals surface area contributed by atoms with Crippen molar-refractivity contribution in [3.05, 3.63) is 0 Å². The predicted molar refractivity (Wildman–Crippen MR) is 63.9 cm³/mol. The molecule has 1 saturated heterocycles. The molecule has 6 heteroatoms. The molecule has 18 heavy (non-hydrogen) atoms. The van der Waals surface area contributed by atoms with Gasteiger partial charge in [0.1, 0.15) is 11.6 Å². The molecule has 1 heterocycles. The lowest BCUT2D eigenvalue weighted by atomic mass is 9.97. The first-order valence-corrected chi connectivity index (χ1v) is 6.48. The van der Waals surface area contributed by atoms with E-state index in [0.717, 1.165) is 19.3 Å². The third-order valence-electron chi connectivity index (χ3n) is 3.89. The molecule has 2 rings (SSSR count). The van der Waals surface area contributed by atoms with Gasteiger partial charge in [-0.05, 0) is 25.7 Å². The number of nitrogens with one attached hydrogen (secondary N) is 1. The molecule has 0 aromatic carbocycles. The Kier molecular flexibility index (Phi) is 3.87. The Morgan fingerprint density at radius 3 is 2.50 bits per heavy atom. The van der Waals surface area contributed by atoms with Gasteiger partial charge in [-0.3, -0.25) is 4.79 Å². The molecule has 1 aliphatic carbocycles. The van der Waals surface area contributed by atoms with E-state index in [1.165, 1.54) is 0 Å². The maximum absolute atomic E-state index is 12.0. The molecule has 6 nitrogen and oxygen atoms in total. The van der Waals surface area contributed by atoms with Gasteiger partial charge < -0.3 is 20.9 Å². The highest BCUT2D eigenvalue weighted by atomic mass is 16.5. The van der Waals surface area contributed by atoms with Crippen LogP contribution in [0.3, 0.4) is 0 Å². The number of amides is 1. The Balaban J connectivity index is 1.96. The Bertz CT molecular complexity index is 339. The molecular weight excluding hydrogens is 236 g/mol. The number of carbonyl (C=O) groups excluding carboxylic acids is 1. The molecule has 4 N–H and O–H groups in total. The van der Waals surface area contributed by atoms with E-state index in [1.807, 2.05) is 0 Å². The van der Waals surface area contributed by atoms with E-state index in [-0.39, 0.29) is 12.0 Å². The van der Waals surface area contributed by atoms with Crippen LogP contribution >= 0.6 is 0 Å². The summed E-state index contributed by atoms with van der Waals surface area (Å²) in [6.07, 6.45) is 3.42. The quantitative estimate of drug-likeness (QED) is 0.657. The highest BCUT2D eigenvalue weighted by Gasteiger charge is 2.44. The Morgan fingerprint density at radius 1 is 1.33 bits per heavy atom. The van der Waals surface area contributed by atoms with Crippen molar-refractivity contribution >= 4 is 11.9 Å². The van der Waals surface area contributed by atoms with Crippen molar-refractivity contribution in [3.63, 3.8) is 0 Å². The van der Waals surface area contributed by atoms with Crippen molar-refractivity contribution < 1.29 is 19.4 Å².